The van der Waals surface area contributed by atoms with E-state index in [-0.39, 0.29) is 0 Å². The van der Waals surface area contributed by atoms with Gasteiger partial charge < -0.3 is 9.47 Å². The molecule has 0 heterocycles. The molecule has 0 aliphatic rings. The van der Waals surface area contributed by atoms with Gasteiger partial charge in [0.2, 0.25) is 0 Å². The van der Waals surface area contributed by atoms with E-state index in [1.54, 1.807) is 0 Å². The second-order valence-corrected chi connectivity index (χ2v) is 4.82. The van der Waals surface area contributed by atoms with Crippen molar-refractivity contribution in [1.29, 1.82) is 0 Å². The van der Waals surface area contributed by atoms with Crippen LogP contribution in [-0.2, 0) is 31.3 Å². The predicted molar refractivity (Wildman–Crippen MR) is 60.7 cm³/mol. The summed E-state index contributed by atoms with van der Waals surface area (Å²) in [5.41, 5.74) is 0. The zero-order chi connectivity index (χ0) is 17.9. The highest BCUT2D eigenvalue weighted by Gasteiger charge is 2.45. The molecule has 0 atom stereocenters. The van der Waals surface area contributed by atoms with Crippen LogP contribution in [0.25, 0.3) is 0 Å². The molecule has 6 nitrogen and oxygen atoms in total. The summed E-state index contributed by atoms with van der Waals surface area (Å²) in [5, 5.41) is -4.68. The third kappa shape index (κ3) is 11.6. The molecule has 0 saturated carbocycles. The molecule has 0 aliphatic carbocycles. The van der Waals surface area contributed by atoms with E-state index in [1.807, 2.05) is 0 Å². The lowest BCUT2D eigenvalue weighted by atomic mass is 10.5. The van der Waals surface area contributed by atoms with Gasteiger partial charge in [-0.05, 0) is 0 Å². The molecule has 22 heavy (non-hydrogen) atoms. The molecule has 0 saturated heterocycles. The van der Waals surface area contributed by atoms with Crippen LogP contribution in [0, 0.1) is 0 Å². The molecule has 14 heteroatoms. The van der Waals surface area contributed by atoms with Gasteiger partial charge in [0.25, 0.3) is 0 Å². The van der Waals surface area contributed by atoms with Crippen LogP contribution in [0.3, 0.4) is 0 Å². The SMILES string of the molecule is O=S(=O)(F)C(F)(F)COC/C=C/COC(F)(F)CF.O=S=O. The van der Waals surface area contributed by atoms with Crippen molar-refractivity contribution >= 4 is 21.8 Å². The van der Waals surface area contributed by atoms with Crippen molar-refractivity contribution in [3.05, 3.63) is 12.2 Å². The molecule has 0 radical (unpaired) electrons. The van der Waals surface area contributed by atoms with Crippen molar-refractivity contribution in [2.24, 2.45) is 0 Å². The minimum Gasteiger partial charge on any atom is -0.370 e. The number of ether oxygens (including phenoxy) is 2. The molecule has 0 unspecified atom stereocenters. The summed E-state index contributed by atoms with van der Waals surface area (Å²) < 4.78 is 117. The molecular weight excluding hydrogens is 370 g/mol. The average molecular weight is 380 g/mol. The fourth-order valence-electron chi connectivity index (χ4n) is 0.661. The van der Waals surface area contributed by atoms with Crippen LogP contribution < -0.4 is 0 Å². The van der Waals surface area contributed by atoms with Crippen molar-refractivity contribution in [2.45, 2.75) is 11.4 Å². The number of alkyl halides is 5. The third-order valence-electron chi connectivity index (χ3n) is 1.55. The summed E-state index contributed by atoms with van der Waals surface area (Å²) in [6.07, 6.45) is -2.10. The molecular formula is C8H10F6O6S2. The fraction of sp³-hybridized carbons (Fsp3) is 0.750. The summed E-state index contributed by atoms with van der Waals surface area (Å²) in [4.78, 5) is 0. The Kier molecular flexibility index (Phi) is 11.3. The maximum absolute atomic E-state index is 12.4. The molecule has 0 bridgehead atoms. The monoisotopic (exact) mass is 380 g/mol. The maximum Gasteiger partial charge on any atom is 0.396 e. The number of hydrogen-bond donors (Lipinski definition) is 0. The third-order valence-corrected chi connectivity index (χ3v) is 2.39. The topological polar surface area (TPSA) is 86.7 Å². The Labute approximate surface area is 124 Å². The van der Waals surface area contributed by atoms with E-state index < -0.39 is 59.7 Å². The molecule has 0 rings (SSSR count). The van der Waals surface area contributed by atoms with E-state index >= 15 is 0 Å². The Balaban J connectivity index is 0. The smallest absolute Gasteiger partial charge is 0.370 e. The largest absolute Gasteiger partial charge is 0.396 e. The Morgan fingerprint density at radius 2 is 1.50 bits per heavy atom. The first-order chi connectivity index (χ1) is 9.93. The van der Waals surface area contributed by atoms with Crippen molar-refractivity contribution in [2.75, 3.05) is 26.5 Å². The van der Waals surface area contributed by atoms with Gasteiger partial charge in [-0.25, -0.2) is 4.39 Å². The van der Waals surface area contributed by atoms with Crippen LogP contribution in [0.5, 0.6) is 0 Å². The second-order valence-electron chi connectivity index (χ2n) is 3.21. The highest BCUT2D eigenvalue weighted by Crippen LogP contribution is 2.23. The summed E-state index contributed by atoms with van der Waals surface area (Å²) in [6, 6.07) is 0. The van der Waals surface area contributed by atoms with Gasteiger partial charge in [0.05, 0.1) is 13.2 Å². The van der Waals surface area contributed by atoms with E-state index in [0.717, 1.165) is 12.2 Å². The minimum absolute atomic E-state index is 0.588. The first-order valence-corrected chi connectivity index (χ1v) is 7.03. The van der Waals surface area contributed by atoms with E-state index in [2.05, 4.69) is 9.47 Å². The summed E-state index contributed by atoms with van der Waals surface area (Å²) >= 11 is -0.750. The quantitative estimate of drug-likeness (QED) is 0.260. The predicted octanol–water partition coefficient (Wildman–Crippen LogP) is 1.36. The standard InChI is InChI=1S/C8H10F6O4S.O2S/c9-5-7(10,11)18-4-2-1-3-17-6-8(12,13)19(14,15)16;1-3-2/h1-2H,3-6H2;/b2-1+;. The van der Waals surface area contributed by atoms with Crippen LogP contribution in [-0.4, -0.2) is 54.7 Å². The summed E-state index contributed by atoms with van der Waals surface area (Å²) in [5.74, 6) is 0. The molecule has 0 aliphatic heterocycles. The lowest BCUT2D eigenvalue weighted by Gasteiger charge is -2.11. The van der Waals surface area contributed by atoms with Gasteiger partial charge in [-0.2, -0.15) is 34.4 Å². The zero-order valence-electron chi connectivity index (χ0n) is 10.5. The minimum atomic E-state index is -6.07. The highest BCUT2D eigenvalue weighted by atomic mass is 32.3. The number of rotatable bonds is 9. The van der Waals surface area contributed by atoms with Gasteiger partial charge in [-0.1, -0.05) is 16.0 Å². The van der Waals surface area contributed by atoms with Crippen molar-refractivity contribution in [1.82, 2.24) is 0 Å². The summed E-state index contributed by atoms with van der Waals surface area (Å²) in [6.45, 7) is -5.04. The van der Waals surface area contributed by atoms with Crippen molar-refractivity contribution in [3.63, 3.8) is 0 Å². The normalized spacial score (nSPS) is 12.8. The van der Waals surface area contributed by atoms with E-state index in [1.165, 1.54) is 0 Å². The molecule has 0 N–H and O–H groups in total. The van der Waals surface area contributed by atoms with Gasteiger partial charge in [0.1, 0.15) is 6.61 Å². The van der Waals surface area contributed by atoms with E-state index in [4.69, 9.17) is 8.42 Å². The summed E-state index contributed by atoms with van der Waals surface area (Å²) in [7, 11) is -6.07. The molecule has 0 fully saturated rings. The van der Waals surface area contributed by atoms with Crippen LogP contribution >= 0.6 is 0 Å². The molecule has 0 amide bonds. The van der Waals surface area contributed by atoms with E-state index in [0.29, 0.717) is 0 Å². The van der Waals surface area contributed by atoms with Gasteiger partial charge >= 0.3 is 33.2 Å². The van der Waals surface area contributed by atoms with Crippen molar-refractivity contribution < 1.29 is 52.1 Å². The number of hydrogen-bond acceptors (Lipinski definition) is 6. The Morgan fingerprint density at radius 3 is 1.91 bits per heavy atom. The van der Waals surface area contributed by atoms with Gasteiger partial charge in [-0.15, -0.1) is 0 Å². The first-order valence-electron chi connectivity index (χ1n) is 4.98. The van der Waals surface area contributed by atoms with Gasteiger partial charge in [0, 0.05) is 0 Å². The average Bonchev–Trinajstić information content (AvgIpc) is 2.37. The Bertz CT molecular complexity index is 474. The van der Waals surface area contributed by atoms with Crippen LogP contribution in [0.1, 0.15) is 0 Å². The second kappa shape index (κ2) is 10.7. The lowest BCUT2D eigenvalue weighted by molar-refractivity contribution is -0.239. The van der Waals surface area contributed by atoms with Crippen LogP contribution in [0.2, 0.25) is 0 Å². The lowest BCUT2D eigenvalue weighted by Crippen LogP contribution is -2.31. The van der Waals surface area contributed by atoms with Crippen LogP contribution in [0.15, 0.2) is 12.2 Å². The fourth-order valence-corrected chi connectivity index (χ4v) is 0.885. The Morgan fingerprint density at radius 1 is 1.05 bits per heavy atom. The zero-order valence-corrected chi connectivity index (χ0v) is 12.1. The highest BCUT2D eigenvalue weighted by molar-refractivity contribution is 7.87. The van der Waals surface area contributed by atoms with E-state index in [9.17, 15) is 34.3 Å². The number of halogens is 6. The Hall–Kier alpha value is -0.990. The van der Waals surface area contributed by atoms with Gasteiger partial charge in [0.15, 0.2) is 6.67 Å². The molecule has 0 aromatic rings. The molecule has 0 aromatic heterocycles. The van der Waals surface area contributed by atoms with Crippen molar-refractivity contribution in [3.8, 4) is 0 Å². The maximum atomic E-state index is 12.4. The van der Waals surface area contributed by atoms with Gasteiger partial charge in [-0.3, -0.25) is 0 Å². The molecule has 132 valence electrons. The molecule has 0 aromatic carbocycles. The first kappa shape index (κ1) is 23.3. The van der Waals surface area contributed by atoms with Crippen LogP contribution in [0.4, 0.5) is 25.8 Å². The molecule has 0 spiro atoms.